The molecule has 0 spiro atoms. The van der Waals surface area contributed by atoms with E-state index in [0.29, 0.717) is 17.9 Å². The molecule has 0 aliphatic rings. The Balaban J connectivity index is 3.13. The number of hydrogen-bond acceptors (Lipinski definition) is 5. The summed E-state index contributed by atoms with van der Waals surface area (Å²) in [6, 6.07) is 0.382. The Bertz CT molecular complexity index is 395. The number of hydrogen-bond donors (Lipinski definition) is 0. The summed E-state index contributed by atoms with van der Waals surface area (Å²) in [5, 5.41) is 0.258. The zero-order valence-electron chi connectivity index (χ0n) is 12.5. The topological polar surface area (TPSA) is 45.2 Å². The molecule has 1 aromatic heterocycles. The van der Waals surface area contributed by atoms with E-state index in [1.54, 1.807) is 0 Å². The van der Waals surface area contributed by atoms with Crippen LogP contribution in [0.3, 0.4) is 0 Å². The van der Waals surface area contributed by atoms with Crippen molar-refractivity contribution in [3.05, 3.63) is 5.28 Å². The van der Waals surface area contributed by atoms with Gasteiger partial charge in [-0.3, -0.25) is 0 Å². The highest BCUT2D eigenvalue weighted by molar-refractivity contribution is 6.28. The van der Waals surface area contributed by atoms with Gasteiger partial charge in [0.2, 0.25) is 17.2 Å². The third-order valence-corrected chi connectivity index (χ3v) is 3.52. The predicted molar refractivity (Wildman–Crippen MR) is 81.2 cm³/mol. The molecule has 0 aromatic carbocycles. The SMILES string of the molecule is CCC(C)N(CC)c1nc(Cl)nc(N(CC)CC)n1. The summed E-state index contributed by atoms with van der Waals surface area (Å²) in [6.07, 6.45) is 1.04. The van der Waals surface area contributed by atoms with Crippen molar-refractivity contribution in [1.29, 1.82) is 0 Å². The number of rotatable bonds is 7. The quantitative estimate of drug-likeness (QED) is 0.771. The molecule has 1 rings (SSSR count). The second kappa shape index (κ2) is 7.48. The van der Waals surface area contributed by atoms with Crippen LogP contribution in [0.2, 0.25) is 5.28 Å². The van der Waals surface area contributed by atoms with Crippen LogP contribution in [0.1, 0.15) is 41.0 Å². The van der Waals surface area contributed by atoms with E-state index < -0.39 is 0 Å². The zero-order valence-corrected chi connectivity index (χ0v) is 13.3. The molecule has 0 amide bonds. The molecule has 1 atom stereocenters. The number of aromatic nitrogens is 3. The fourth-order valence-electron chi connectivity index (χ4n) is 1.98. The lowest BCUT2D eigenvalue weighted by Gasteiger charge is -2.28. The largest absolute Gasteiger partial charge is 0.341 e. The fraction of sp³-hybridized carbons (Fsp3) is 0.769. The lowest BCUT2D eigenvalue weighted by molar-refractivity contribution is 0.612. The molecule has 5 nitrogen and oxygen atoms in total. The van der Waals surface area contributed by atoms with Crippen molar-refractivity contribution in [1.82, 2.24) is 15.0 Å². The highest BCUT2D eigenvalue weighted by Gasteiger charge is 2.17. The van der Waals surface area contributed by atoms with Crippen LogP contribution in [0.5, 0.6) is 0 Å². The van der Waals surface area contributed by atoms with E-state index in [2.05, 4.69) is 59.4 Å². The van der Waals surface area contributed by atoms with Gasteiger partial charge in [0, 0.05) is 25.7 Å². The highest BCUT2D eigenvalue weighted by Crippen LogP contribution is 2.19. The molecular weight excluding hydrogens is 262 g/mol. The van der Waals surface area contributed by atoms with Gasteiger partial charge in [-0.1, -0.05) is 6.92 Å². The van der Waals surface area contributed by atoms with Crippen molar-refractivity contribution >= 4 is 23.5 Å². The van der Waals surface area contributed by atoms with Crippen LogP contribution in [-0.4, -0.2) is 40.6 Å². The summed E-state index contributed by atoms with van der Waals surface area (Å²) in [4.78, 5) is 17.3. The molecule has 0 fully saturated rings. The smallest absolute Gasteiger partial charge is 0.231 e. The Labute approximate surface area is 121 Å². The summed E-state index contributed by atoms with van der Waals surface area (Å²) < 4.78 is 0. The van der Waals surface area contributed by atoms with E-state index in [9.17, 15) is 0 Å². The van der Waals surface area contributed by atoms with Crippen molar-refractivity contribution in [2.75, 3.05) is 29.4 Å². The molecule has 19 heavy (non-hydrogen) atoms. The van der Waals surface area contributed by atoms with E-state index in [-0.39, 0.29) is 5.28 Å². The molecule has 1 aromatic rings. The van der Waals surface area contributed by atoms with Crippen LogP contribution < -0.4 is 9.80 Å². The van der Waals surface area contributed by atoms with Crippen LogP contribution in [0.25, 0.3) is 0 Å². The minimum atomic E-state index is 0.258. The standard InChI is InChI=1S/C13H24ClN5/c1-6-10(5)19(9-4)13-16-11(14)15-12(17-13)18(7-2)8-3/h10H,6-9H2,1-5H3. The Morgan fingerprint density at radius 1 is 0.947 bits per heavy atom. The van der Waals surface area contributed by atoms with Crippen LogP contribution in [0, 0.1) is 0 Å². The molecule has 108 valence electrons. The first-order valence-corrected chi connectivity index (χ1v) is 7.38. The monoisotopic (exact) mass is 285 g/mol. The third-order valence-electron chi connectivity index (χ3n) is 3.35. The van der Waals surface area contributed by atoms with Crippen molar-refractivity contribution in [2.24, 2.45) is 0 Å². The van der Waals surface area contributed by atoms with Gasteiger partial charge in [0.15, 0.2) is 0 Å². The molecule has 0 radical (unpaired) electrons. The van der Waals surface area contributed by atoms with Crippen LogP contribution in [0.15, 0.2) is 0 Å². The van der Waals surface area contributed by atoms with Crippen molar-refractivity contribution in [2.45, 2.75) is 47.1 Å². The van der Waals surface area contributed by atoms with Crippen LogP contribution in [-0.2, 0) is 0 Å². The van der Waals surface area contributed by atoms with Gasteiger partial charge in [-0.2, -0.15) is 15.0 Å². The summed E-state index contributed by atoms with van der Waals surface area (Å²) >= 11 is 6.04. The van der Waals surface area contributed by atoms with Gasteiger partial charge in [0.1, 0.15) is 0 Å². The van der Waals surface area contributed by atoms with Gasteiger partial charge in [-0.15, -0.1) is 0 Å². The van der Waals surface area contributed by atoms with Gasteiger partial charge < -0.3 is 9.80 Å². The van der Waals surface area contributed by atoms with Crippen LogP contribution in [0.4, 0.5) is 11.9 Å². The van der Waals surface area contributed by atoms with E-state index >= 15 is 0 Å². The second-order valence-corrected chi connectivity index (χ2v) is 4.76. The summed E-state index contributed by atoms with van der Waals surface area (Å²) in [5.41, 5.74) is 0. The minimum Gasteiger partial charge on any atom is -0.341 e. The number of nitrogens with zero attached hydrogens (tertiary/aromatic N) is 5. The first-order chi connectivity index (χ1) is 9.07. The Morgan fingerprint density at radius 2 is 1.53 bits per heavy atom. The molecule has 0 aliphatic carbocycles. The molecule has 1 unspecified atom stereocenters. The normalized spacial score (nSPS) is 12.3. The number of halogens is 1. The third kappa shape index (κ3) is 3.93. The molecule has 0 bridgehead atoms. The van der Waals surface area contributed by atoms with Gasteiger partial charge in [0.25, 0.3) is 0 Å². The average molecular weight is 286 g/mol. The van der Waals surface area contributed by atoms with Gasteiger partial charge in [-0.25, -0.2) is 0 Å². The first kappa shape index (κ1) is 16.0. The Hall–Kier alpha value is -1.10. The van der Waals surface area contributed by atoms with Crippen molar-refractivity contribution < 1.29 is 0 Å². The molecule has 1 heterocycles. The average Bonchev–Trinajstić information content (AvgIpc) is 2.40. The molecule has 0 saturated carbocycles. The zero-order chi connectivity index (χ0) is 14.4. The summed E-state index contributed by atoms with van der Waals surface area (Å²) in [6.45, 7) is 13.1. The maximum atomic E-state index is 6.04. The maximum absolute atomic E-state index is 6.04. The van der Waals surface area contributed by atoms with Crippen molar-refractivity contribution in [3.8, 4) is 0 Å². The molecular formula is C13H24ClN5. The Kier molecular flexibility index (Phi) is 6.28. The number of anilines is 2. The highest BCUT2D eigenvalue weighted by atomic mass is 35.5. The van der Waals surface area contributed by atoms with Crippen molar-refractivity contribution in [3.63, 3.8) is 0 Å². The predicted octanol–water partition coefficient (Wildman–Crippen LogP) is 3.00. The van der Waals surface area contributed by atoms with Gasteiger partial charge >= 0.3 is 0 Å². The Morgan fingerprint density at radius 3 is 2.00 bits per heavy atom. The fourth-order valence-corrected chi connectivity index (χ4v) is 2.13. The lowest BCUT2D eigenvalue weighted by Crippen LogP contribution is -2.35. The maximum Gasteiger partial charge on any atom is 0.231 e. The van der Waals surface area contributed by atoms with Gasteiger partial charge in [0.05, 0.1) is 0 Å². The van der Waals surface area contributed by atoms with Crippen LogP contribution >= 0.6 is 11.6 Å². The minimum absolute atomic E-state index is 0.258. The van der Waals surface area contributed by atoms with E-state index in [1.807, 2.05) is 0 Å². The molecule has 0 saturated heterocycles. The van der Waals surface area contributed by atoms with E-state index in [4.69, 9.17) is 11.6 Å². The summed E-state index contributed by atoms with van der Waals surface area (Å²) in [5.74, 6) is 1.32. The second-order valence-electron chi connectivity index (χ2n) is 4.42. The lowest BCUT2D eigenvalue weighted by atomic mass is 10.2. The summed E-state index contributed by atoms with van der Waals surface area (Å²) in [7, 11) is 0. The molecule has 0 aliphatic heterocycles. The van der Waals surface area contributed by atoms with Gasteiger partial charge in [-0.05, 0) is 45.7 Å². The first-order valence-electron chi connectivity index (χ1n) is 7.00. The van der Waals surface area contributed by atoms with E-state index in [0.717, 1.165) is 26.1 Å². The molecule has 6 heteroatoms. The molecule has 0 N–H and O–H groups in total. The van der Waals surface area contributed by atoms with E-state index in [1.165, 1.54) is 0 Å².